The SMILES string of the molecule is COc1ccccc1CNC(C)c1ccc(OC(F)(F)F)cc1. The largest absolute Gasteiger partial charge is 0.573 e. The number of alkyl halides is 3. The number of nitrogens with one attached hydrogen (secondary N) is 1. The molecule has 2 aromatic carbocycles. The maximum atomic E-state index is 12.1. The summed E-state index contributed by atoms with van der Waals surface area (Å²) in [4.78, 5) is 0. The predicted octanol–water partition coefficient (Wildman–Crippen LogP) is 4.44. The van der Waals surface area contributed by atoms with E-state index in [0.29, 0.717) is 6.54 Å². The third-order valence-electron chi connectivity index (χ3n) is 3.40. The number of halogens is 3. The van der Waals surface area contributed by atoms with Crippen molar-refractivity contribution < 1.29 is 22.6 Å². The number of benzene rings is 2. The molecule has 0 aromatic heterocycles. The van der Waals surface area contributed by atoms with Crippen molar-refractivity contribution >= 4 is 0 Å². The van der Waals surface area contributed by atoms with Crippen LogP contribution >= 0.6 is 0 Å². The number of methoxy groups -OCH3 is 1. The van der Waals surface area contributed by atoms with E-state index in [4.69, 9.17) is 4.74 Å². The first-order valence-electron chi connectivity index (χ1n) is 7.10. The fourth-order valence-electron chi connectivity index (χ4n) is 2.19. The topological polar surface area (TPSA) is 30.5 Å². The molecule has 23 heavy (non-hydrogen) atoms. The molecular weight excluding hydrogens is 307 g/mol. The number of para-hydroxylation sites is 1. The van der Waals surface area contributed by atoms with Crippen molar-refractivity contribution in [3.63, 3.8) is 0 Å². The first-order valence-corrected chi connectivity index (χ1v) is 7.10. The minimum atomic E-state index is -4.67. The molecule has 2 aromatic rings. The van der Waals surface area contributed by atoms with Crippen LogP contribution in [0, 0.1) is 0 Å². The lowest BCUT2D eigenvalue weighted by Gasteiger charge is -2.16. The first-order chi connectivity index (χ1) is 10.9. The van der Waals surface area contributed by atoms with E-state index in [2.05, 4.69) is 10.1 Å². The van der Waals surface area contributed by atoms with Crippen LogP contribution in [0.2, 0.25) is 0 Å². The summed E-state index contributed by atoms with van der Waals surface area (Å²) in [5, 5.41) is 3.31. The summed E-state index contributed by atoms with van der Waals surface area (Å²) in [6.45, 7) is 2.53. The van der Waals surface area contributed by atoms with E-state index in [-0.39, 0.29) is 11.8 Å². The molecule has 0 spiro atoms. The van der Waals surface area contributed by atoms with Gasteiger partial charge in [-0.25, -0.2) is 0 Å². The van der Waals surface area contributed by atoms with Gasteiger partial charge in [-0.1, -0.05) is 30.3 Å². The Morgan fingerprint density at radius 3 is 2.30 bits per heavy atom. The molecule has 0 aliphatic rings. The molecule has 0 aliphatic heterocycles. The zero-order valence-corrected chi connectivity index (χ0v) is 12.9. The second-order valence-corrected chi connectivity index (χ2v) is 5.03. The van der Waals surface area contributed by atoms with Crippen molar-refractivity contribution in [1.82, 2.24) is 5.32 Å². The van der Waals surface area contributed by atoms with Gasteiger partial charge in [0, 0.05) is 18.2 Å². The van der Waals surface area contributed by atoms with Crippen LogP contribution in [0.3, 0.4) is 0 Å². The van der Waals surface area contributed by atoms with Crippen LogP contribution in [0.15, 0.2) is 48.5 Å². The van der Waals surface area contributed by atoms with Crippen molar-refractivity contribution in [1.29, 1.82) is 0 Å². The smallest absolute Gasteiger partial charge is 0.496 e. The maximum Gasteiger partial charge on any atom is 0.573 e. The number of hydrogen-bond donors (Lipinski definition) is 1. The van der Waals surface area contributed by atoms with Gasteiger partial charge in [-0.15, -0.1) is 13.2 Å². The second-order valence-electron chi connectivity index (χ2n) is 5.03. The van der Waals surface area contributed by atoms with Gasteiger partial charge in [0.1, 0.15) is 11.5 Å². The first kappa shape index (κ1) is 17.1. The Morgan fingerprint density at radius 2 is 1.70 bits per heavy atom. The summed E-state index contributed by atoms with van der Waals surface area (Å²) in [6.07, 6.45) is -4.67. The Labute approximate surface area is 133 Å². The van der Waals surface area contributed by atoms with Crippen LogP contribution in [-0.2, 0) is 6.54 Å². The molecule has 1 N–H and O–H groups in total. The zero-order valence-electron chi connectivity index (χ0n) is 12.9. The molecule has 0 saturated heterocycles. The highest BCUT2D eigenvalue weighted by atomic mass is 19.4. The minimum absolute atomic E-state index is 0.0279. The highest BCUT2D eigenvalue weighted by Crippen LogP contribution is 2.25. The molecule has 2 rings (SSSR count). The van der Waals surface area contributed by atoms with Crippen LogP contribution in [0.4, 0.5) is 13.2 Å². The van der Waals surface area contributed by atoms with E-state index in [1.165, 1.54) is 12.1 Å². The second kappa shape index (κ2) is 7.37. The predicted molar refractivity (Wildman–Crippen MR) is 81.4 cm³/mol. The zero-order chi connectivity index (χ0) is 16.9. The molecule has 1 atom stereocenters. The number of hydrogen-bond acceptors (Lipinski definition) is 3. The Morgan fingerprint density at radius 1 is 1.04 bits per heavy atom. The molecule has 0 bridgehead atoms. The van der Waals surface area contributed by atoms with Gasteiger partial charge in [0.15, 0.2) is 0 Å². The van der Waals surface area contributed by atoms with E-state index >= 15 is 0 Å². The molecule has 6 heteroatoms. The van der Waals surface area contributed by atoms with Crippen LogP contribution in [-0.4, -0.2) is 13.5 Å². The van der Waals surface area contributed by atoms with Gasteiger partial charge >= 0.3 is 6.36 Å². The van der Waals surface area contributed by atoms with E-state index in [1.807, 2.05) is 31.2 Å². The molecule has 0 aliphatic carbocycles. The summed E-state index contributed by atoms with van der Waals surface area (Å²) in [5.74, 6) is 0.569. The Balaban J connectivity index is 1.96. The maximum absolute atomic E-state index is 12.1. The van der Waals surface area contributed by atoms with Gasteiger partial charge in [0.2, 0.25) is 0 Å². The molecule has 3 nitrogen and oxygen atoms in total. The lowest BCUT2D eigenvalue weighted by Crippen LogP contribution is -2.19. The molecule has 0 heterocycles. The molecule has 0 fully saturated rings. The van der Waals surface area contributed by atoms with Gasteiger partial charge < -0.3 is 14.8 Å². The van der Waals surface area contributed by atoms with Gasteiger partial charge in [-0.2, -0.15) is 0 Å². The molecule has 1 unspecified atom stereocenters. The van der Waals surface area contributed by atoms with Crippen molar-refractivity contribution in [2.24, 2.45) is 0 Å². The molecule has 124 valence electrons. The van der Waals surface area contributed by atoms with Crippen molar-refractivity contribution in [3.05, 3.63) is 59.7 Å². The van der Waals surface area contributed by atoms with E-state index in [0.717, 1.165) is 16.9 Å². The fraction of sp³-hybridized carbons (Fsp3) is 0.294. The van der Waals surface area contributed by atoms with Crippen molar-refractivity contribution in [3.8, 4) is 11.5 Å². The summed E-state index contributed by atoms with van der Waals surface area (Å²) in [5.41, 5.74) is 1.88. The molecule has 0 saturated carbocycles. The van der Waals surface area contributed by atoms with Crippen LogP contribution in [0.1, 0.15) is 24.1 Å². The third-order valence-corrected chi connectivity index (χ3v) is 3.40. The average molecular weight is 325 g/mol. The highest BCUT2D eigenvalue weighted by molar-refractivity contribution is 5.33. The van der Waals surface area contributed by atoms with Gasteiger partial charge in [0.05, 0.1) is 7.11 Å². The lowest BCUT2D eigenvalue weighted by molar-refractivity contribution is -0.274. The van der Waals surface area contributed by atoms with Gasteiger partial charge in [-0.3, -0.25) is 0 Å². The molecule has 0 radical (unpaired) electrons. The van der Waals surface area contributed by atoms with Crippen molar-refractivity contribution in [2.45, 2.75) is 25.9 Å². The summed E-state index contributed by atoms with van der Waals surface area (Å²) in [7, 11) is 1.61. The monoisotopic (exact) mass is 325 g/mol. The number of rotatable bonds is 6. The molecule has 0 amide bonds. The van der Waals surface area contributed by atoms with Crippen molar-refractivity contribution in [2.75, 3.05) is 7.11 Å². The summed E-state index contributed by atoms with van der Waals surface area (Å²) in [6, 6.07) is 13.5. The minimum Gasteiger partial charge on any atom is -0.496 e. The highest BCUT2D eigenvalue weighted by Gasteiger charge is 2.30. The Bertz CT molecular complexity index is 626. The fourth-order valence-corrected chi connectivity index (χ4v) is 2.19. The van der Waals surface area contributed by atoms with E-state index in [9.17, 15) is 13.2 Å². The summed E-state index contributed by atoms with van der Waals surface area (Å²) >= 11 is 0. The Kier molecular flexibility index (Phi) is 5.50. The third kappa shape index (κ3) is 5.17. The van der Waals surface area contributed by atoms with E-state index in [1.54, 1.807) is 19.2 Å². The standard InChI is InChI=1S/C17H18F3NO2/c1-12(21-11-14-5-3-4-6-16(14)22-2)13-7-9-15(10-8-13)23-17(18,19)20/h3-10,12,21H,11H2,1-2H3. The van der Waals surface area contributed by atoms with Gasteiger partial charge in [-0.05, 0) is 30.7 Å². The quantitative estimate of drug-likeness (QED) is 0.851. The van der Waals surface area contributed by atoms with Crippen LogP contribution < -0.4 is 14.8 Å². The van der Waals surface area contributed by atoms with Crippen LogP contribution in [0.5, 0.6) is 11.5 Å². The average Bonchev–Trinajstić information content (AvgIpc) is 2.52. The molecular formula is C17H18F3NO2. The number of ether oxygens (including phenoxy) is 2. The summed E-state index contributed by atoms with van der Waals surface area (Å²) < 4.78 is 45.5. The Hall–Kier alpha value is -2.21. The van der Waals surface area contributed by atoms with Gasteiger partial charge in [0.25, 0.3) is 0 Å². The van der Waals surface area contributed by atoms with E-state index < -0.39 is 6.36 Å². The van der Waals surface area contributed by atoms with Crippen LogP contribution in [0.25, 0.3) is 0 Å². The lowest BCUT2D eigenvalue weighted by atomic mass is 10.1. The normalized spacial score (nSPS) is 12.7.